The lowest BCUT2D eigenvalue weighted by Crippen LogP contribution is -2.37. The molecular weight excluding hydrogens is 346 g/mol. The van der Waals surface area contributed by atoms with Crippen LogP contribution in [0.3, 0.4) is 0 Å². The van der Waals surface area contributed by atoms with Crippen molar-refractivity contribution in [2.24, 2.45) is 0 Å². The third kappa shape index (κ3) is 4.34. The van der Waals surface area contributed by atoms with Gasteiger partial charge in [-0.15, -0.1) is 0 Å². The van der Waals surface area contributed by atoms with Gasteiger partial charge in [-0.1, -0.05) is 24.3 Å². The van der Waals surface area contributed by atoms with Crippen molar-refractivity contribution in [3.8, 4) is 5.75 Å². The zero-order chi connectivity index (χ0) is 18.5. The number of nitrogens with one attached hydrogen (secondary N) is 2. The summed E-state index contributed by atoms with van der Waals surface area (Å²) in [6.45, 7) is 3.82. The molecule has 0 aliphatic heterocycles. The number of para-hydroxylation sites is 1. The fourth-order valence-corrected chi connectivity index (χ4v) is 2.77. The fourth-order valence-electron chi connectivity index (χ4n) is 2.55. The second kappa shape index (κ2) is 7.93. The zero-order valence-corrected chi connectivity index (χ0v) is 15.4. The Morgan fingerprint density at radius 3 is 2.62 bits per heavy atom. The summed E-state index contributed by atoms with van der Waals surface area (Å²) in [6, 6.07) is 17.0. The largest absolute Gasteiger partial charge is 0.484 e. The van der Waals surface area contributed by atoms with Crippen molar-refractivity contribution in [2.75, 3.05) is 11.9 Å². The summed E-state index contributed by atoms with van der Waals surface area (Å²) in [5.41, 5.74) is 3.67. The fraction of sp³-hybridized carbons (Fsp3) is 0.150. The highest BCUT2D eigenvalue weighted by molar-refractivity contribution is 7.80. The van der Waals surface area contributed by atoms with E-state index in [0.717, 1.165) is 27.8 Å². The van der Waals surface area contributed by atoms with Crippen LogP contribution < -0.4 is 15.4 Å². The molecule has 0 aliphatic carbocycles. The van der Waals surface area contributed by atoms with Crippen molar-refractivity contribution in [3.63, 3.8) is 0 Å². The van der Waals surface area contributed by atoms with Gasteiger partial charge in [0.15, 0.2) is 11.7 Å². The average molecular weight is 365 g/mol. The second-order valence-corrected chi connectivity index (χ2v) is 6.29. The Balaban J connectivity index is 1.65. The summed E-state index contributed by atoms with van der Waals surface area (Å²) >= 11 is 5.27. The lowest BCUT2D eigenvalue weighted by atomic mass is 10.1. The third-order valence-electron chi connectivity index (χ3n) is 3.82. The Hall–Kier alpha value is -2.99. The minimum absolute atomic E-state index is 0.110. The van der Waals surface area contributed by atoms with Crippen molar-refractivity contribution < 1.29 is 9.53 Å². The molecule has 0 radical (unpaired) electrons. The molecule has 5 nitrogen and oxygen atoms in total. The molecule has 1 aromatic heterocycles. The molecule has 1 amide bonds. The summed E-state index contributed by atoms with van der Waals surface area (Å²) in [5, 5.41) is 6.92. The second-order valence-electron chi connectivity index (χ2n) is 5.88. The molecule has 0 fully saturated rings. The average Bonchev–Trinajstić information content (AvgIpc) is 2.63. The van der Waals surface area contributed by atoms with E-state index in [9.17, 15) is 4.79 Å². The van der Waals surface area contributed by atoms with E-state index in [-0.39, 0.29) is 17.6 Å². The summed E-state index contributed by atoms with van der Waals surface area (Å²) < 4.78 is 5.42. The summed E-state index contributed by atoms with van der Waals surface area (Å²) in [6.07, 6.45) is 0. The molecule has 0 unspecified atom stereocenters. The van der Waals surface area contributed by atoms with Crippen molar-refractivity contribution in [1.82, 2.24) is 10.3 Å². The minimum atomic E-state index is -0.321. The van der Waals surface area contributed by atoms with Crippen LogP contribution in [0.4, 0.5) is 5.69 Å². The SMILES string of the molecule is Cc1ccc2c(NC(=S)NC(=O)COc3ccccc3)c(C)ccc2n1. The van der Waals surface area contributed by atoms with Crippen LogP contribution in [-0.2, 0) is 4.79 Å². The molecule has 0 saturated heterocycles. The van der Waals surface area contributed by atoms with Crippen LogP contribution in [0.25, 0.3) is 10.9 Å². The van der Waals surface area contributed by atoms with E-state index in [4.69, 9.17) is 17.0 Å². The van der Waals surface area contributed by atoms with Crippen LogP contribution in [0.2, 0.25) is 0 Å². The van der Waals surface area contributed by atoms with Gasteiger partial charge in [-0.25, -0.2) is 0 Å². The highest BCUT2D eigenvalue weighted by atomic mass is 32.1. The van der Waals surface area contributed by atoms with Crippen molar-refractivity contribution >= 4 is 39.8 Å². The number of thiocarbonyl (C=S) groups is 1. The number of pyridine rings is 1. The number of benzene rings is 2. The Labute approximate surface area is 157 Å². The molecule has 0 atom stereocenters. The quantitative estimate of drug-likeness (QED) is 0.690. The van der Waals surface area contributed by atoms with Gasteiger partial charge in [0.05, 0.1) is 11.2 Å². The number of rotatable bonds is 4. The van der Waals surface area contributed by atoms with E-state index in [1.54, 1.807) is 12.1 Å². The number of hydrogen-bond acceptors (Lipinski definition) is 4. The Bertz CT molecular complexity index is 958. The summed E-state index contributed by atoms with van der Waals surface area (Å²) in [5.74, 6) is 0.311. The van der Waals surface area contributed by atoms with Gasteiger partial charge in [-0.3, -0.25) is 15.1 Å². The lowest BCUT2D eigenvalue weighted by molar-refractivity contribution is -0.121. The number of amides is 1. The first kappa shape index (κ1) is 17.8. The number of anilines is 1. The van der Waals surface area contributed by atoms with E-state index in [2.05, 4.69) is 15.6 Å². The van der Waals surface area contributed by atoms with Crippen LogP contribution in [0.1, 0.15) is 11.3 Å². The molecule has 3 rings (SSSR count). The standard InChI is InChI=1S/C20H19N3O2S/c1-13-8-11-17-16(10-9-14(2)21-17)19(13)23-20(26)22-18(24)12-25-15-6-4-3-5-7-15/h3-11H,12H2,1-2H3,(H2,22,23,24,26). The van der Waals surface area contributed by atoms with Crippen LogP contribution in [0.5, 0.6) is 5.75 Å². The van der Waals surface area contributed by atoms with E-state index in [1.807, 2.05) is 56.3 Å². The molecule has 0 bridgehead atoms. The normalized spacial score (nSPS) is 10.4. The van der Waals surface area contributed by atoms with Gasteiger partial charge >= 0.3 is 0 Å². The summed E-state index contributed by atoms with van der Waals surface area (Å²) in [4.78, 5) is 16.6. The number of nitrogens with zero attached hydrogens (tertiary/aromatic N) is 1. The maximum Gasteiger partial charge on any atom is 0.264 e. The Morgan fingerprint density at radius 2 is 1.85 bits per heavy atom. The van der Waals surface area contributed by atoms with E-state index < -0.39 is 0 Å². The van der Waals surface area contributed by atoms with Crippen molar-refractivity contribution in [3.05, 3.63) is 65.9 Å². The molecule has 0 saturated carbocycles. The van der Waals surface area contributed by atoms with Crippen LogP contribution in [0.15, 0.2) is 54.6 Å². The predicted octanol–water partition coefficient (Wildman–Crippen LogP) is 3.74. The highest BCUT2D eigenvalue weighted by Gasteiger charge is 2.10. The van der Waals surface area contributed by atoms with Crippen molar-refractivity contribution in [1.29, 1.82) is 0 Å². The van der Waals surface area contributed by atoms with Crippen molar-refractivity contribution in [2.45, 2.75) is 13.8 Å². The molecular formula is C20H19N3O2S. The molecule has 3 aromatic rings. The van der Waals surface area contributed by atoms with E-state index >= 15 is 0 Å². The Morgan fingerprint density at radius 1 is 1.08 bits per heavy atom. The van der Waals surface area contributed by atoms with Gasteiger partial charge < -0.3 is 10.1 Å². The maximum absolute atomic E-state index is 12.0. The smallest absolute Gasteiger partial charge is 0.264 e. The molecule has 2 N–H and O–H groups in total. The van der Waals surface area contributed by atoms with Gasteiger partial charge in [0.25, 0.3) is 5.91 Å². The first-order chi connectivity index (χ1) is 12.5. The maximum atomic E-state index is 12.0. The highest BCUT2D eigenvalue weighted by Crippen LogP contribution is 2.26. The number of carbonyl (C=O) groups is 1. The van der Waals surface area contributed by atoms with E-state index in [1.165, 1.54) is 0 Å². The molecule has 2 aromatic carbocycles. The topological polar surface area (TPSA) is 63.2 Å². The van der Waals surface area contributed by atoms with Crippen LogP contribution in [0, 0.1) is 13.8 Å². The van der Waals surface area contributed by atoms with Gasteiger partial charge in [0, 0.05) is 11.1 Å². The molecule has 132 valence electrons. The number of hydrogen-bond donors (Lipinski definition) is 2. The van der Waals surface area contributed by atoms with Gasteiger partial charge in [-0.2, -0.15) is 0 Å². The monoisotopic (exact) mass is 365 g/mol. The number of carbonyl (C=O) groups excluding carboxylic acids is 1. The predicted molar refractivity (Wildman–Crippen MR) is 108 cm³/mol. The van der Waals surface area contributed by atoms with Gasteiger partial charge in [0.2, 0.25) is 0 Å². The first-order valence-electron chi connectivity index (χ1n) is 8.18. The number of fused-ring (bicyclic) bond motifs is 1. The van der Waals surface area contributed by atoms with Gasteiger partial charge in [0.1, 0.15) is 5.75 Å². The molecule has 1 heterocycles. The minimum Gasteiger partial charge on any atom is -0.484 e. The Kier molecular flexibility index (Phi) is 5.43. The van der Waals surface area contributed by atoms with Gasteiger partial charge in [-0.05, 0) is 62.0 Å². The van der Waals surface area contributed by atoms with Crippen LogP contribution in [-0.4, -0.2) is 22.6 Å². The van der Waals surface area contributed by atoms with Crippen LogP contribution >= 0.6 is 12.2 Å². The molecule has 0 aliphatic rings. The molecule has 26 heavy (non-hydrogen) atoms. The number of aryl methyl sites for hydroxylation is 2. The molecule has 0 spiro atoms. The lowest BCUT2D eigenvalue weighted by Gasteiger charge is -2.14. The number of aromatic nitrogens is 1. The van der Waals surface area contributed by atoms with E-state index in [0.29, 0.717) is 5.75 Å². The molecule has 6 heteroatoms. The first-order valence-corrected chi connectivity index (χ1v) is 8.59. The zero-order valence-electron chi connectivity index (χ0n) is 14.6. The third-order valence-corrected chi connectivity index (χ3v) is 4.03. The number of ether oxygens (including phenoxy) is 1. The summed E-state index contributed by atoms with van der Waals surface area (Å²) in [7, 11) is 0.